The number of allylic oxidation sites excluding steroid dienone is 2. The van der Waals surface area contributed by atoms with Crippen LogP contribution in [-0.2, 0) is 0 Å². The molecule has 0 unspecified atom stereocenters. The molecule has 4 nitrogen and oxygen atoms in total. The van der Waals surface area contributed by atoms with Crippen molar-refractivity contribution in [3.8, 4) is 0 Å². The van der Waals surface area contributed by atoms with Gasteiger partial charge in [-0.3, -0.25) is 4.99 Å². The molecule has 0 bridgehead atoms. The number of hydrogen-bond donors (Lipinski definition) is 2. The minimum Gasteiger partial charge on any atom is -0.478 e. The summed E-state index contributed by atoms with van der Waals surface area (Å²) in [6.45, 7) is 3.76. The molecule has 4 heteroatoms. The van der Waals surface area contributed by atoms with Gasteiger partial charge in [-0.2, -0.15) is 0 Å². The van der Waals surface area contributed by atoms with E-state index in [9.17, 15) is 4.79 Å². The third kappa shape index (κ3) is 1.82. The average Bonchev–Trinajstić information content (AvgIpc) is 2.33. The number of carboxylic acid groups (broad SMARTS) is 1. The highest BCUT2D eigenvalue weighted by molar-refractivity contribution is 6.03. The van der Waals surface area contributed by atoms with E-state index in [-0.39, 0.29) is 5.56 Å². The lowest BCUT2D eigenvalue weighted by Crippen LogP contribution is -2.00. The van der Waals surface area contributed by atoms with Crippen LogP contribution < -0.4 is 5.32 Å². The van der Waals surface area contributed by atoms with Gasteiger partial charge in [-0.05, 0) is 32.1 Å². The third-order valence-electron chi connectivity index (χ3n) is 2.31. The lowest BCUT2D eigenvalue weighted by molar-refractivity contribution is 0.0698. The monoisotopic (exact) mass is 216 g/mol. The molecule has 0 saturated heterocycles. The minimum absolute atomic E-state index is 0.215. The first kappa shape index (κ1) is 10.4. The third-order valence-corrected chi connectivity index (χ3v) is 2.31. The zero-order chi connectivity index (χ0) is 11.7. The quantitative estimate of drug-likeness (QED) is 0.758. The van der Waals surface area contributed by atoms with E-state index in [0.29, 0.717) is 5.69 Å². The van der Waals surface area contributed by atoms with E-state index in [0.717, 1.165) is 17.1 Å². The van der Waals surface area contributed by atoms with Gasteiger partial charge in [0.1, 0.15) is 5.69 Å². The van der Waals surface area contributed by atoms with Crippen molar-refractivity contribution in [2.75, 3.05) is 5.32 Å². The second kappa shape index (κ2) is 3.81. The molecule has 0 spiro atoms. The topological polar surface area (TPSA) is 61.7 Å². The summed E-state index contributed by atoms with van der Waals surface area (Å²) in [7, 11) is 0. The van der Waals surface area contributed by atoms with E-state index >= 15 is 0 Å². The maximum atomic E-state index is 11.1. The molecule has 16 heavy (non-hydrogen) atoms. The number of para-hydroxylation sites is 1. The average molecular weight is 216 g/mol. The van der Waals surface area contributed by atoms with Crippen LogP contribution >= 0.6 is 0 Å². The number of aromatic carboxylic acids is 1. The van der Waals surface area contributed by atoms with Crippen LogP contribution in [0.5, 0.6) is 0 Å². The van der Waals surface area contributed by atoms with Crippen LogP contribution in [0.25, 0.3) is 0 Å². The van der Waals surface area contributed by atoms with E-state index in [2.05, 4.69) is 10.3 Å². The van der Waals surface area contributed by atoms with Gasteiger partial charge in [0, 0.05) is 11.4 Å². The number of anilines is 1. The molecule has 2 rings (SSSR count). The Morgan fingerprint density at radius 1 is 1.38 bits per heavy atom. The van der Waals surface area contributed by atoms with Crippen LogP contribution in [0.2, 0.25) is 0 Å². The second-order valence-electron chi connectivity index (χ2n) is 3.71. The Bertz CT molecular complexity index is 516. The Kier molecular flexibility index (Phi) is 2.48. The predicted molar refractivity (Wildman–Crippen MR) is 63.6 cm³/mol. The Labute approximate surface area is 93.3 Å². The molecule has 0 saturated carbocycles. The van der Waals surface area contributed by atoms with Gasteiger partial charge in [0.05, 0.1) is 11.3 Å². The van der Waals surface area contributed by atoms with Crippen LogP contribution in [0.1, 0.15) is 24.2 Å². The molecular formula is C12H12N2O2. The molecule has 0 radical (unpaired) electrons. The number of fused-ring (bicyclic) bond motifs is 1. The number of aliphatic imine (C=N–C) groups is 1. The van der Waals surface area contributed by atoms with Crippen molar-refractivity contribution in [2.24, 2.45) is 4.99 Å². The van der Waals surface area contributed by atoms with Gasteiger partial charge in [0.15, 0.2) is 0 Å². The number of nitrogens with zero attached hydrogens (tertiary/aromatic N) is 1. The molecule has 1 aromatic carbocycles. The predicted octanol–water partition coefficient (Wildman–Crippen LogP) is 2.81. The summed E-state index contributed by atoms with van der Waals surface area (Å²) in [5, 5.41) is 12.2. The number of benzene rings is 1. The zero-order valence-corrected chi connectivity index (χ0v) is 9.11. The molecule has 82 valence electrons. The van der Waals surface area contributed by atoms with Crippen LogP contribution in [0.3, 0.4) is 0 Å². The highest BCUT2D eigenvalue weighted by atomic mass is 16.4. The largest absolute Gasteiger partial charge is 0.478 e. The van der Waals surface area contributed by atoms with Gasteiger partial charge in [-0.1, -0.05) is 6.07 Å². The molecule has 0 aliphatic carbocycles. The summed E-state index contributed by atoms with van der Waals surface area (Å²) in [6.07, 6.45) is 1.88. The highest BCUT2D eigenvalue weighted by Crippen LogP contribution is 2.32. The minimum atomic E-state index is -0.963. The smallest absolute Gasteiger partial charge is 0.337 e. The molecule has 0 amide bonds. The molecule has 1 heterocycles. The summed E-state index contributed by atoms with van der Waals surface area (Å²) < 4.78 is 0. The fourth-order valence-electron chi connectivity index (χ4n) is 1.71. The van der Waals surface area contributed by atoms with E-state index in [1.165, 1.54) is 0 Å². The zero-order valence-electron chi connectivity index (χ0n) is 9.11. The number of carbonyl (C=O) groups is 1. The SMILES string of the molecule is CC1=CC(C)=Nc2c(cccc2C(=O)O)N1. The van der Waals surface area contributed by atoms with Crippen molar-refractivity contribution in [3.63, 3.8) is 0 Å². The van der Waals surface area contributed by atoms with Crippen molar-refractivity contribution in [1.82, 2.24) is 0 Å². The first-order chi connectivity index (χ1) is 7.58. The van der Waals surface area contributed by atoms with Crippen LogP contribution in [0.15, 0.2) is 35.0 Å². The van der Waals surface area contributed by atoms with E-state index in [1.54, 1.807) is 12.1 Å². The fraction of sp³-hybridized carbons (Fsp3) is 0.167. The van der Waals surface area contributed by atoms with Gasteiger partial charge < -0.3 is 10.4 Å². The molecule has 2 N–H and O–H groups in total. The second-order valence-corrected chi connectivity index (χ2v) is 3.71. The van der Waals surface area contributed by atoms with Crippen LogP contribution in [-0.4, -0.2) is 16.8 Å². The molecular weight excluding hydrogens is 204 g/mol. The maximum Gasteiger partial charge on any atom is 0.337 e. The van der Waals surface area contributed by atoms with Crippen LogP contribution in [0.4, 0.5) is 11.4 Å². The van der Waals surface area contributed by atoms with Crippen molar-refractivity contribution < 1.29 is 9.90 Å². The first-order valence-corrected chi connectivity index (χ1v) is 4.95. The lowest BCUT2D eigenvalue weighted by Gasteiger charge is -2.08. The lowest BCUT2D eigenvalue weighted by atomic mass is 10.1. The maximum absolute atomic E-state index is 11.1. The normalized spacial score (nSPS) is 14.1. The highest BCUT2D eigenvalue weighted by Gasteiger charge is 2.15. The Balaban J connectivity index is 2.65. The number of carboxylic acids is 1. The summed E-state index contributed by atoms with van der Waals surface area (Å²) >= 11 is 0. The Morgan fingerprint density at radius 3 is 2.81 bits per heavy atom. The van der Waals surface area contributed by atoms with Crippen molar-refractivity contribution in [1.29, 1.82) is 0 Å². The molecule has 0 atom stereocenters. The van der Waals surface area contributed by atoms with Crippen molar-refractivity contribution in [2.45, 2.75) is 13.8 Å². The molecule has 1 aliphatic heterocycles. The van der Waals surface area contributed by atoms with E-state index in [4.69, 9.17) is 5.11 Å². The first-order valence-electron chi connectivity index (χ1n) is 4.95. The Hall–Kier alpha value is -2.10. The molecule has 0 aromatic heterocycles. The number of rotatable bonds is 1. The number of hydrogen-bond acceptors (Lipinski definition) is 3. The summed E-state index contributed by atoms with van der Waals surface area (Å²) in [4.78, 5) is 15.4. The van der Waals surface area contributed by atoms with E-state index < -0.39 is 5.97 Å². The van der Waals surface area contributed by atoms with Crippen LogP contribution in [0, 0.1) is 0 Å². The molecule has 1 aromatic rings. The molecule has 0 fully saturated rings. The van der Waals surface area contributed by atoms with Gasteiger partial charge in [-0.15, -0.1) is 0 Å². The molecule has 1 aliphatic rings. The van der Waals surface area contributed by atoms with Gasteiger partial charge in [0.2, 0.25) is 0 Å². The van der Waals surface area contributed by atoms with Gasteiger partial charge in [-0.25, -0.2) is 4.79 Å². The van der Waals surface area contributed by atoms with Crippen molar-refractivity contribution >= 4 is 23.1 Å². The summed E-state index contributed by atoms with van der Waals surface area (Å²) in [5.41, 5.74) is 3.17. The van der Waals surface area contributed by atoms with Gasteiger partial charge >= 0.3 is 5.97 Å². The standard InChI is InChI=1S/C12H12N2O2/c1-7-6-8(2)14-11-9(12(15)16)4-3-5-10(11)13-7/h3-6,13H,1-2H3,(H,15,16). The van der Waals surface area contributed by atoms with Gasteiger partial charge in [0.25, 0.3) is 0 Å². The Morgan fingerprint density at radius 2 is 2.12 bits per heavy atom. The summed E-state index contributed by atoms with van der Waals surface area (Å²) in [6, 6.07) is 5.08. The van der Waals surface area contributed by atoms with Crippen molar-refractivity contribution in [3.05, 3.63) is 35.5 Å². The number of nitrogens with one attached hydrogen (secondary N) is 1. The van der Waals surface area contributed by atoms with E-state index in [1.807, 2.05) is 26.0 Å². The fourth-order valence-corrected chi connectivity index (χ4v) is 1.71. The summed E-state index contributed by atoms with van der Waals surface area (Å²) in [5.74, 6) is -0.963.